The van der Waals surface area contributed by atoms with Crippen LogP contribution in [0, 0.1) is 5.82 Å². The zero-order valence-corrected chi connectivity index (χ0v) is 11.3. The Morgan fingerprint density at radius 1 is 1.33 bits per heavy atom. The highest BCUT2D eigenvalue weighted by atomic mass is 19.1. The van der Waals surface area contributed by atoms with Crippen molar-refractivity contribution < 1.29 is 9.18 Å². The SMILES string of the molecule is O=C(CN1CCC=C(c2nn[nH]n2)C1)c1ccc(F)cc1. The lowest BCUT2D eigenvalue weighted by atomic mass is 10.1. The first-order valence-corrected chi connectivity index (χ1v) is 6.66. The molecule has 1 aliphatic rings. The third-order valence-corrected chi connectivity index (χ3v) is 3.40. The smallest absolute Gasteiger partial charge is 0.201 e. The van der Waals surface area contributed by atoms with E-state index in [2.05, 4.69) is 26.7 Å². The summed E-state index contributed by atoms with van der Waals surface area (Å²) < 4.78 is 12.9. The fourth-order valence-electron chi connectivity index (χ4n) is 2.33. The number of carbonyl (C=O) groups excluding carboxylic acids is 1. The molecule has 108 valence electrons. The molecule has 21 heavy (non-hydrogen) atoms. The van der Waals surface area contributed by atoms with Gasteiger partial charge in [0.25, 0.3) is 0 Å². The van der Waals surface area contributed by atoms with Crippen LogP contribution in [-0.4, -0.2) is 50.9 Å². The van der Waals surface area contributed by atoms with E-state index in [1.54, 1.807) is 0 Å². The van der Waals surface area contributed by atoms with E-state index in [1.807, 2.05) is 4.90 Å². The minimum atomic E-state index is -0.341. The molecule has 0 spiro atoms. The highest BCUT2D eigenvalue weighted by Gasteiger charge is 2.19. The standard InChI is InChI=1S/C14H14FN5O/c15-12-5-3-10(4-6-12)13(21)9-20-7-1-2-11(8-20)14-16-18-19-17-14/h2-6H,1,7-9H2,(H,16,17,18,19). The molecule has 2 heterocycles. The van der Waals surface area contributed by atoms with Gasteiger partial charge in [0.2, 0.25) is 5.82 Å². The minimum Gasteiger partial charge on any atom is -0.293 e. The van der Waals surface area contributed by atoms with Crippen LogP contribution in [0.4, 0.5) is 4.39 Å². The molecule has 0 unspecified atom stereocenters. The molecule has 6 nitrogen and oxygen atoms in total. The Bertz CT molecular complexity index is 651. The second-order valence-electron chi connectivity index (χ2n) is 4.89. The molecule has 0 amide bonds. The van der Waals surface area contributed by atoms with E-state index in [-0.39, 0.29) is 11.6 Å². The number of carbonyl (C=O) groups is 1. The maximum absolute atomic E-state index is 12.9. The molecule has 0 aliphatic carbocycles. The largest absolute Gasteiger partial charge is 0.293 e. The van der Waals surface area contributed by atoms with Gasteiger partial charge in [-0.1, -0.05) is 6.08 Å². The fourth-order valence-corrected chi connectivity index (χ4v) is 2.33. The van der Waals surface area contributed by atoms with Crippen molar-refractivity contribution in [3.8, 4) is 0 Å². The third-order valence-electron chi connectivity index (χ3n) is 3.40. The molecule has 7 heteroatoms. The molecule has 1 aromatic carbocycles. The van der Waals surface area contributed by atoms with Crippen molar-refractivity contribution in [3.63, 3.8) is 0 Å². The van der Waals surface area contributed by atoms with Crippen molar-refractivity contribution in [1.29, 1.82) is 0 Å². The monoisotopic (exact) mass is 287 g/mol. The maximum atomic E-state index is 12.9. The van der Waals surface area contributed by atoms with E-state index in [0.29, 0.717) is 24.5 Å². The summed E-state index contributed by atoms with van der Waals surface area (Å²) in [6.45, 7) is 1.70. The Morgan fingerprint density at radius 2 is 2.14 bits per heavy atom. The van der Waals surface area contributed by atoms with Gasteiger partial charge in [0.1, 0.15) is 5.82 Å². The van der Waals surface area contributed by atoms with Gasteiger partial charge in [0.05, 0.1) is 6.54 Å². The molecule has 0 fully saturated rings. The number of halogens is 1. The topological polar surface area (TPSA) is 74.8 Å². The summed E-state index contributed by atoms with van der Waals surface area (Å²) in [5.74, 6) is 0.199. The predicted molar refractivity (Wildman–Crippen MR) is 73.9 cm³/mol. The first-order chi connectivity index (χ1) is 10.2. The average Bonchev–Trinajstić information content (AvgIpc) is 3.02. The van der Waals surface area contributed by atoms with Crippen LogP contribution in [0.5, 0.6) is 0 Å². The number of nitrogens with zero attached hydrogens (tertiary/aromatic N) is 4. The maximum Gasteiger partial charge on any atom is 0.201 e. The summed E-state index contributed by atoms with van der Waals surface area (Å²) in [7, 11) is 0. The Balaban J connectivity index is 1.65. The van der Waals surface area contributed by atoms with E-state index in [4.69, 9.17) is 0 Å². The summed E-state index contributed by atoms with van der Waals surface area (Å²) in [6.07, 6.45) is 2.89. The molecule has 1 N–H and O–H groups in total. The number of aromatic nitrogens is 4. The van der Waals surface area contributed by atoms with Gasteiger partial charge in [-0.2, -0.15) is 5.21 Å². The van der Waals surface area contributed by atoms with E-state index in [1.165, 1.54) is 24.3 Å². The lowest BCUT2D eigenvalue weighted by Gasteiger charge is -2.25. The van der Waals surface area contributed by atoms with E-state index in [9.17, 15) is 9.18 Å². The van der Waals surface area contributed by atoms with Crippen molar-refractivity contribution in [3.05, 3.63) is 47.5 Å². The fraction of sp³-hybridized carbons (Fsp3) is 0.286. The van der Waals surface area contributed by atoms with Crippen LogP contribution >= 0.6 is 0 Å². The number of rotatable bonds is 4. The van der Waals surface area contributed by atoms with Gasteiger partial charge < -0.3 is 0 Å². The highest BCUT2D eigenvalue weighted by Crippen LogP contribution is 2.17. The zero-order chi connectivity index (χ0) is 14.7. The molecular formula is C14H14FN5O. The van der Waals surface area contributed by atoms with Crippen LogP contribution in [0.1, 0.15) is 22.6 Å². The number of ketones is 1. The molecule has 2 aromatic rings. The van der Waals surface area contributed by atoms with Crippen LogP contribution in [-0.2, 0) is 0 Å². The molecule has 1 aromatic heterocycles. The number of nitrogens with one attached hydrogen (secondary N) is 1. The van der Waals surface area contributed by atoms with Gasteiger partial charge in [-0.25, -0.2) is 4.39 Å². The van der Waals surface area contributed by atoms with E-state index < -0.39 is 0 Å². The Hall–Kier alpha value is -2.41. The number of aromatic amines is 1. The van der Waals surface area contributed by atoms with Crippen LogP contribution in [0.2, 0.25) is 0 Å². The summed E-state index contributed by atoms with van der Waals surface area (Å²) in [5, 5.41) is 13.9. The lowest BCUT2D eigenvalue weighted by Crippen LogP contribution is -2.34. The predicted octanol–water partition coefficient (Wildman–Crippen LogP) is 1.31. The van der Waals surface area contributed by atoms with Gasteiger partial charge in [-0.05, 0) is 35.9 Å². The second kappa shape index (κ2) is 5.92. The lowest BCUT2D eigenvalue weighted by molar-refractivity contribution is 0.0938. The molecule has 0 atom stereocenters. The van der Waals surface area contributed by atoms with Crippen molar-refractivity contribution >= 4 is 11.4 Å². The summed E-state index contributed by atoms with van der Waals surface area (Å²) in [5.41, 5.74) is 1.48. The molecular weight excluding hydrogens is 273 g/mol. The third kappa shape index (κ3) is 3.19. The van der Waals surface area contributed by atoms with Crippen LogP contribution < -0.4 is 0 Å². The molecule has 3 rings (SSSR count). The van der Waals surface area contributed by atoms with Crippen LogP contribution in [0.25, 0.3) is 5.57 Å². The summed E-state index contributed by atoms with van der Waals surface area (Å²) in [4.78, 5) is 14.2. The first kappa shape index (κ1) is 13.6. The van der Waals surface area contributed by atoms with Crippen LogP contribution in [0.15, 0.2) is 30.3 Å². The first-order valence-electron chi connectivity index (χ1n) is 6.66. The molecule has 0 bridgehead atoms. The van der Waals surface area contributed by atoms with Crippen molar-refractivity contribution in [2.24, 2.45) is 0 Å². The minimum absolute atomic E-state index is 0.0237. The van der Waals surface area contributed by atoms with Gasteiger partial charge in [-0.15, -0.1) is 10.2 Å². The molecule has 0 saturated carbocycles. The van der Waals surface area contributed by atoms with Crippen molar-refractivity contribution in [2.75, 3.05) is 19.6 Å². The van der Waals surface area contributed by atoms with Gasteiger partial charge in [0.15, 0.2) is 5.78 Å². The molecule has 1 aliphatic heterocycles. The quantitative estimate of drug-likeness (QED) is 0.858. The summed E-state index contributed by atoms with van der Waals surface area (Å²) >= 11 is 0. The number of Topliss-reactive ketones (excluding diaryl/α,β-unsaturated/α-hetero) is 1. The van der Waals surface area contributed by atoms with Gasteiger partial charge in [0, 0.05) is 24.2 Å². The second-order valence-corrected chi connectivity index (χ2v) is 4.89. The van der Waals surface area contributed by atoms with E-state index >= 15 is 0 Å². The van der Waals surface area contributed by atoms with Crippen molar-refractivity contribution in [1.82, 2.24) is 25.5 Å². The number of hydrogen-bond acceptors (Lipinski definition) is 5. The van der Waals surface area contributed by atoms with Crippen LogP contribution in [0.3, 0.4) is 0 Å². The highest BCUT2D eigenvalue weighted by molar-refractivity contribution is 5.97. The Labute approximate surface area is 120 Å². The van der Waals surface area contributed by atoms with Gasteiger partial charge in [-0.3, -0.25) is 9.69 Å². The van der Waals surface area contributed by atoms with Gasteiger partial charge >= 0.3 is 0 Å². The Morgan fingerprint density at radius 3 is 2.86 bits per heavy atom. The van der Waals surface area contributed by atoms with E-state index in [0.717, 1.165) is 18.5 Å². The number of benzene rings is 1. The molecule has 0 radical (unpaired) electrons. The number of hydrogen-bond donors (Lipinski definition) is 1. The number of tetrazole rings is 1. The Kier molecular flexibility index (Phi) is 3.83. The molecule has 0 saturated heterocycles. The average molecular weight is 287 g/mol. The number of H-pyrrole nitrogens is 1. The normalized spacial score (nSPS) is 15.8. The van der Waals surface area contributed by atoms with Crippen molar-refractivity contribution in [2.45, 2.75) is 6.42 Å². The summed E-state index contributed by atoms with van der Waals surface area (Å²) in [6, 6.07) is 5.62. The zero-order valence-electron chi connectivity index (χ0n) is 11.3.